The van der Waals surface area contributed by atoms with Crippen LogP contribution >= 0.6 is 0 Å². The molecule has 0 saturated heterocycles. The predicted molar refractivity (Wildman–Crippen MR) is 85.9 cm³/mol. The number of nitrogens with two attached hydrogens (primary N) is 2. The Labute approximate surface area is 133 Å². The summed E-state index contributed by atoms with van der Waals surface area (Å²) in [5.74, 6) is 5.96. The molecule has 2 aromatic carbocycles. The van der Waals surface area contributed by atoms with Crippen molar-refractivity contribution in [2.24, 2.45) is 5.84 Å². The predicted octanol–water partition coefficient (Wildman–Crippen LogP) is 3.68. The third-order valence-corrected chi connectivity index (χ3v) is 3.54. The van der Waals surface area contributed by atoms with Crippen LogP contribution in [0.2, 0.25) is 0 Å². The van der Waals surface area contributed by atoms with E-state index in [9.17, 15) is 13.2 Å². The normalized spacial score (nSPS) is 11.3. The molecule has 0 spiro atoms. The zero-order chi connectivity index (χ0) is 17.0. The molecule has 122 valence electrons. The smallest absolute Gasteiger partial charge is 0.398 e. The molecule has 4 N–H and O–H groups in total. The summed E-state index contributed by atoms with van der Waals surface area (Å²) in [4.78, 5) is 0. The Balaban J connectivity index is 1.98. The molecule has 2 rings (SSSR count). The molecule has 0 bridgehead atoms. The highest BCUT2D eigenvalue weighted by Crippen LogP contribution is 2.29. The number of hydrogen-bond donors (Lipinski definition) is 2. The average molecular weight is 321 g/mol. The maximum atomic E-state index is 12.5. The first kappa shape index (κ1) is 16.9. The fourth-order valence-electron chi connectivity index (χ4n) is 2.16. The van der Waals surface area contributed by atoms with Crippen molar-refractivity contribution < 1.29 is 13.2 Å². The molecule has 0 unspecified atom stereocenters. The number of halogens is 3. The van der Waals surface area contributed by atoms with E-state index in [0.717, 1.165) is 23.3 Å². The monoisotopic (exact) mass is 321 g/mol. The summed E-state index contributed by atoms with van der Waals surface area (Å²) in [5, 5.41) is 1.45. The summed E-state index contributed by atoms with van der Waals surface area (Å²) in [6.45, 7) is 4.33. The zero-order valence-corrected chi connectivity index (χ0v) is 12.5. The molecule has 0 saturated carbocycles. The highest BCUT2D eigenvalue weighted by Gasteiger charge is 2.29. The van der Waals surface area contributed by atoms with Crippen LogP contribution in [0.25, 0.3) is 5.70 Å². The van der Waals surface area contributed by atoms with Crippen LogP contribution in [0.5, 0.6) is 0 Å². The lowest BCUT2D eigenvalue weighted by Crippen LogP contribution is -2.31. The van der Waals surface area contributed by atoms with Crippen molar-refractivity contribution in [2.75, 3.05) is 12.3 Å². The van der Waals surface area contributed by atoms with Gasteiger partial charge in [-0.25, -0.2) is 5.84 Å². The van der Waals surface area contributed by atoms with Gasteiger partial charge in [0.05, 0.1) is 11.3 Å². The molecule has 0 fully saturated rings. The van der Waals surface area contributed by atoms with E-state index in [1.807, 2.05) is 18.2 Å². The summed E-state index contributed by atoms with van der Waals surface area (Å²) in [6, 6.07) is 12.3. The van der Waals surface area contributed by atoms with Crippen LogP contribution in [0.15, 0.2) is 55.1 Å². The van der Waals surface area contributed by atoms with Gasteiger partial charge in [0.15, 0.2) is 0 Å². The summed E-state index contributed by atoms with van der Waals surface area (Å²) in [6.07, 6.45) is -3.82. The highest BCUT2D eigenvalue weighted by atomic mass is 19.4. The largest absolute Gasteiger partial charge is 0.416 e. The zero-order valence-electron chi connectivity index (χ0n) is 12.5. The Morgan fingerprint density at radius 1 is 1.04 bits per heavy atom. The molecular formula is C17H18F3N3. The lowest BCUT2D eigenvalue weighted by molar-refractivity contribution is -0.137. The van der Waals surface area contributed by atoms with Gasteiger partial charge < -0.3 is 10.7 Å². The number of benzene rings is 2. The lowest BCUT2D eigenvalue weighted by Gasteiger charge is -2.22. The van der Waals surface area contributed by atoms with Crippen molar-refractivity contribution in [3.63, 3.8) is 0 Å². The first-order valence-corrected chi connectivity index (χ1v) is 7.01. The maximum absolute atomic E-state index is 12.5. The van der Waals surface area contributed by atoms with Gasteiger partial charge in [-0.05, 0) is 30.2 Å². The fourth-order valence-corrected chi connectivity index (χ4v) is 2.16. The quantitative estimate of drug-likeness (QED) is 0.502. The second kappa shape index (κ2) is 6.75. The van der Waals surface area contributed by atoms with Gasteiger partial charge in [-0.15, -0.1) is 0 Å². The van der Waals surface area contributed by atoms with Crippen LogP contribution in [0.3, 0.4) is 0 Å². The minimum Gasteiger partial charge on any atom is -0.398 e. The van der Waals surface area contributed by atoms with Crippen LogP contribution in [0.4, 0.5) is 18.9 Å². The fraction of sp³-hybridized carbons (Fsp3) is 0.176. The summed E-state index contributed by atoms with van der Waals surface area (Å²) in [7, 11) is 0. The topological polar surface area (TPSA) is 55.3 Å². The maximum Gasteiger partial charge on any atom is 0.416 e. The van der Waals surface area contributed by atoms with Crippen molar-refractivity contribution in [3.05, 3.63) is 71.8 Å². The van der Waals surface area contributed by atoms with E-state index in [0.29, 0.717) is 24.4 Å². The standard InChI is InChI=1S/C17H18F3N3/c1-12(15-4-2-3-5-16(15)21)23(22)11-10-13-6-8-14(9-7-13)17(18,19)20/h2-9H,1,10-11,21-22H2. The van der Waals surface area contributed by atoms with E-state index >= 15 is 0 Å². The Morgan fingerprint density at radius 2 is 1.65 bits per heavy atom. The Hall–Kier alpha value is -2.47. The number of hydrazine groups is 1. The molecule has 0 heterocycles. The van der Waals surface area contributed by atoms with Gasteiger partial charge >= 0.3 is 6.18 Å². The van der Waals surface area contributed by atoms with Crippen molar-refractivity contribution in [3.8, 4) is 0 Å². The SMILES string of the molecule is C=C(c1ccccc1N)N(N)CCc1ccc(C(F)(F)F)cc1. The Morgan fingerprint density at radius 3 is 2.22 bits per heavy atom. The molecule has 0 amide bonds. The minimum absolute atomic E-state index is 0.415. The average Bonchev–Trinajstić information content (AvgIpc) is 2.52. The van der Waals surface area contributed by atoms with Gasteiger partial charge in [-0.2, -0.15) is 13.2 Å². The van der Waals surface area contributed by atoms with Crippen molar-refractivity contribution in [2.45, 2.75) is 12.6 Å². The molecule has 0 aromatic heterocycles. The number of nitrogens with zero attached hydrogens (tertiary/aromatic N) is 1. The number of alkyl halides is 3. The second-order valence-electron chi connectivity index (χ2n) is 5.17. The second-order valence-corrected chi connectivity index (χ2v) is 5.17. The number of para-hydroxylation sites is 1. The molecule has 23 heavy (non-hydrogen) atoms. The van der Waals surface area contributed by atoms with Crippen molar-refractivity contribution in [1.82, 2.24) is 5.01 Å². The number of hydrogen-bond acceptors (Lipinski definition) is 3. The summed E-state index contributed by atoms with van der Waals surface area (Å²) < 4.78 is 37.5. The van der Waals surface area contributed by atoms with Crippen molar-refractivity contribution in [1.29, 1.82) is 0 Å². The lowest BCUT2D eigenvalue weighted by atomic mass is 10.1. The van der Waals surface area contributed by atoms with Crippen LogP contribution in [0.1, 0.15) is 16.7 Å². The van der Waals surface area contributed by atoms with E-state index in [1.54, 1.807) is 6.07 Å². The van der Waals surface area contributed by atoms with Crippen LogP contribution < -0.4 is 11.6 Å². The van der Waals surface area contributed by atoms with E-state index < -0.39 is 11.7 Å². The van der Waals surface area contributed by atoms with Gasteiger partial charge in [-0.3, -0.25) is 0 Å². The van der Waals surface area contributed by atoms with Gasteiger partial charge in [0.1, 0.15) is 0 Å². The molecule has 2 aromatic rings. The Bertz CT molecular complexity index is 678. The number of anilines is 1. The molecule has 0 aliphatic carbocycles. The van der Waals surface area contributed by atoms with E-state index in [2.05, 4.69) is 6.58 Å². The number of rotatable bonds is 5. The van der Waals surface area contributed by atoms with Gasteiger partial charge in [0.2, 0.25) is 0 Å². The molecule has 0 aliphatic rings. The Kier molecular flexibility index (Phi) is 4.95. The molecule has 0 aliphatic heterocycles. The molecule has 3 nitrogen and oxygen atoms in total. The van der Waals surface area contributed by atoms with E-state index in [-0.39, 0.29) is 0 Å². The molecule has 0 atom stereocenters. The number of nitrogen functional groups attached to an aromatic ring is 1. The molecular weight excluding hydrogens is 303 g/mol. The molecule has 6 heteroatoms. The third kappa shape index (κ3) is 4.26. The van der Waals surface area contributed by atoms with Crippen LogP contribution in [-0.2, 0) is 12.6 Å². The van der Waals surface area contributed by atoms with Gasteiger partial charge in [0, 0.05) is 17.8 Å². The first-order chi connectivity index (χ1) is 10.8. The van der Waals surface area contributed by atoms with E-state index in [4.69, 9.17) is 11.6 Å². The highest BCUT2D eigenvalue weighted by molar-refractivity contribution is 5.72. The van der Waals surface area contributed by atoms with Crippen LogP contribution in [0, 0.1) is 0 Å². The first-order valence-electron chi connectivity index (χ1n) is 7.01. The van der Waals surface area contributed by atoms with E-state index in [1.165, 1.54) is 17.1 Å². The van der Waals surface area contributed by atoms with Crippen LogP contribution in [-0.4, -0.2) is 11.6 Å². The summed E-state index contributed by atoms with van der Waals surface area (Å²) >= 11 is 0. The van der Waals surface area contributed by atoms with Crippen molar-refractivity contribution >= 4 is 11.4 Å². The van der Waals surface area contributed by atoms with Gasteiger partial charge in [0.25, 0.3) is 0 Å². The van der Waals surface area contributed by atoms with Gasteiger partial charge in [-0.1, -0.05) is 36.9 Å². The summed E-state index contributed by atoms with van der Waals surface area (Å²) in [5.41, 5.74) is 7.86. The third-order valence-electron chi connectivity index (χ3n) is 3.54. The minimum atomic E-state index is -4.32. The molecule has 0 radical (unpaired) electrons.